The van der Waals surface area contributed by atoms with Gasteiger partial charge in [-0.25, -0.2) is 4.79 Å². The van der Waals surface area contributed by atoms with Gasteiger partial charge in [-0.2, -0.15) is 0 Å². The first kappa shape index (κ1) is 17.3. The van der Waals surface area contributed by atoms with E-state index in [2.05, 4.69) is 34.5 Å². The molecule has 25 heavy (non-hydrogen) atoms. The second kappa shape index (κ2) is 8.03. The normalized spacial score (nSPS) is 15.0. The van der Waals surface area contributed by atoms with Crippen molar-refractivity contribution < 1.29 is 9.53 Å². The van der Waals surface area contributed by atoms with Gasteiger partial charge in [-0.1, -0.05) is 36.4 Å². The number of methoxy groups -OCH3 is 1. The molecule has 1 aliphatic heterocycles. The first-order chi connectivity index (χ1) is 12.2. The molecule has 132 valence electrons. The van der Waals surface area contributed by atoms with Crippen molar-refractivity contribution in [3.05, 3.63) is 59.7 Å². The van der Waals surface area contributed by atoms with Gasteiger partial charge >= 0.3 is 6.03 Å². The largest absolute Gasteiger partial charge is 0.495 e. The molecule has 0 saturated carbocycles. The zero-order valence-electron chi connectivity index (χ0n) is 14.9. The second-order valence-corrected chi connectivity index (χ2v) is 6.38. The van der Waals surface area contributed by atoms with Crippen LogP contribution in [0.5, 0.6) is 5.75 Å². The number of anilines is 1. The molecular formula is C20H25N3O2. The number of ether oxygens (including phenoxy) is 1. The van der Waals surface area contributed by atoms with E-state index in [1.807, 2.05) is 36.1 Å². The Balaban J connectivity index is 1.54. The van der Waals surface area contributed by atoms with Crippen molar-refractivity contribution in [3.8, 4) is 5.75 Å². The maximum absolute atomic E-state index is 12.6. The zero-order chi connectivity index (χ0) is 17.6. The van der Waals surface area contributed by atoms with Gasteiger partial charge in [0.15, 0.2) is 0 Å². The Hall–Kier alpha value is -2.53. The summed E-state index contributed by atoms with van der Waals surface area (Å²) >= 11 is 0. The second-order valence-electron chi connectivity index (χ2n) is 6.38. The highest BCUT2D eigenvalue weighted by Gasteiger charge is 2.21. The van der Waals surface area contributed by atoms with Crippen molar-refractivity contribution in [3.63, 3.8) is 0 Å². The van der Waals surface area contributed by atoms with Crippen LogP contribution in [-0.2, 0) is 6.54 Å². The lowest BCUT2D eigenvalue weighted by Gasteiger charge is -2.34. The Kier molecular flexibility index (Phi) is 5.56. The fourth-order valence-corrected chi connectivity index (χ4v) is 3.06. The number of nitrogens with one attached hydrogen (secondary N) is 1. The van der Waals surface area contributed by atoms with Crippen LogP contribution in [-0.4, -0.2) is 49.1 Å². The number of hydrogen-bond acceptors (Lipinski definition) is 3. The van der Waals surface area contributed by atoms with E-state index in [0.717, 1.165) is 44.0 Å². The Labute approximate surface area is 149 Å². The van der Waals surface area contributed by atoms with Gasteiger partial charge in [-0.15, -0.1) is 0 Å². The molecule has 1 N–H and O–H groups in total. The SMILES string of the molecule is COc1ccc(C)cc1NC(=O)N1CCN(Cc2ccccc2)CC1. The lowest BCUT2D eigenvalue weighted by atomic mass is 10.2. The topological polar surface area (TPSA) is 44.8 Å². The molecule has 1 heterocycles. The van der Waals surface area contributed by atoms with Crippen molar-refractivity contribution in [1.29, 1.82) is 0 Å². The molecular weight excluding hydrogens is 314 g/mol. The molecule has 0 unspecified atom stereocenters. The number of aryl methyl sites for hydroxylation is 1. The number of hydrogen-bond donors (Lipinski definition) is 1. The maximum Gasteiger partial charge on any atom is 0.322 e. The number of carbonyl (C=O) groups excluding carboxylic acids is 1. The first-order valence-electron chi connectivity index (χ1n) is 8.62. The molecule has 2 amide bonds. The highest BCUT2D eigenvalue weighted by Crippen LogP contribution is 2.25. The van der Waals surface area contributed by atoms with Crippen LogP contribution in [0, 0.1) is 6.92 Å². The predicted octanol–water partition coefficient (Wildman–Crippen LogP) is 3.35. The lowest BCUT2D eigenvalue weighted by molar-refractivity contribution is 0.143. The van der Waals surface area contributed by atoms with E-state index in [1.165, 1.54) is 5.56 Å². The van der Waals surface area contributed by atoms with Crippen LogP contribution >= 0.6 is 0 Å². The molecule has 0 bridgehead atoms. The van der Waals surface area contributed by atoms with Gasteiger partial charge in [-0.3, -0.25) is 4.90 Å². The van der Waals surface area contributed by atoms with Gasteiger partial charge in [0.25, 0.3) is 0 Å². The van der Waals surface area contributed by atoms with E-state index < -0.39 is 0 Å². The van der Waals surface area contributed by atoms with Crippen molar-refractivity contribution in [2.45, 2.75) is 13.5 Å². The first-order valence-corrected chi connectivity index (χ1v) is 8.62. The van der Waals surface area contributed by atoms with Crippen LogP contribution in [0.4, 0.5) is 10.5 Å². The molecule has 1 fully saturated rings. The maximum atomic E-state index is 12.6. The summed E-state index contributed by atoms with van der Waals surface area (Å²) in [6, 6.07) is 16.2. The van der Waals surface area contributed by atoms with E-state index in [4.69, 9.17) is 4.74 Å². The monoisotopic (exact) mass is 339 g/mol. The average molecular weight is 339 g/mol. The van der Waals surface area contributed by atoms with Crippen molar-refractivity contribution in [2.24, 2.45) is 0 Å². The van der Waals surface area contributed by atoms with E-state index in [0.29, 0.717) is 5.75 Å². The molecule has 0 atom stereocenters. The number of carbonyl (C=O) groups is 1. The minimum absolute atomic E-state index is 0.0664. The highest BCUT2D eigenvalue weighted by molar-refractivity contribution is 5.91. The minimum Gasteiger partial charge on any atom is -0.495 e. The van der Waals surface area contributed by atoms with E-state index >= 15 is 0 Å². The summed E-state index contributed by atoms with van der Waals surface area (Å²) in [4.78, 5) is 16.8. The third-order valence-electron chi connectivity index (χ3n) is 4.51. The van der Waals surface area contributed by atoms with Crippen LogP contribution in [0.2, 0.25) is 0 Å². The van der Waals surface area contributed by atoms with Crippen molar-refractivity contribution >= 4 is 11.7 Å². The van der Waals surface area contributed by atoms with Crippen LogP contribution in [0.25, 0.3) is 0 Å². The Morgan fingerprint density at radius 2 is 1.80 bits per heavy atom. The van der Waals surface area contributed by atoms with Gasteiger partial charge in [0.2, 0.25) is 0 Å². The number of rotatable bonds is 4. The average Bonchev–Trinajstić information content (AvgIpc) is 2.63. The summed E-state index contributed by atoms with van der Waals surface area (Å²) in [6.45, 7) is 6.15. The lowest BCUT2D eigenvalue weighted by Crippen LogP contribution is -2.49. The Morgan fingerprint density at radius 3 is 2.48 bits per heavy atom. The molecule has 2 aromatic carbocycles. The number of piperazine rings is 1. The number of nitrogens with zero attached hydrogens (tertiary/aromatic N) is 2. The van der Waals surface area contributed by atoms with Crippen LogP contribution in [0.15, 0.2) is 48.5 Å². The fourth-order valence-electron chi connectivity index (χ4n) is 3.06. The molecule has 3 rings (SSSR count). The van der Waals surface area contributed by atoms with Gasteiger partial charge in [0.1, 0.15) is 5.75 Å². The molecule has 2 aromatic rings. The summed E-state index contributed by atoms with van der Waals surface area (Å²) < 4.78 is 5.33. The standard InChI is InChI=1S/C20H25N3O2/c1-16-8-9-19(25-2)18(14-16)21-20(24)23-12-10-22(11-13-23)15-17-6-4-3-5-7-17/h3-9,14H,10-13,15H2,1-2H3,(H,21,24). The molecule has 5 heteroatoms. The van der Waals surface area contributed by atoms with Crippen LogP contribution in [0.1, 0.15) is 11.1 Å². The predicted molar refractivity (Wildman–Crippen MR) is 100 cm³/mol. The van der Waals surface area contributed by atoms with Gasteiger partial charge < -0.3 is 15.0 Å². The highest BCUT2D eigenvalue weighted by atomic mass is 16.5. The summed E-state index contributed by atoms with van der Waals surface area (Å²) in [5, 5.41) is 2.98. The van der Waals surface area contributed by atoms with Crippen molar-refractivity contribution in [1.82, 2.24) is 9.80 Å². The molecule has 1 aliphatic rings. The third kappa shape index (κ3) is 4.51. The fraction of sp³-hybridized carbons (Fsp3) is 0.350. The summed E-state index contributed by atoms with van der Waals surface area (Å²) in [5.74, 6) is 0.682. The molecule has 5 nitrogen and oxygen atoms in total. The molecule has 0 aromatic heterocycles. The quantitative estimate of drug-likeness (QED) is 0.929. The zero-order valence-corrected chi connectivity index (χ0v) is 14.9. The summed E-state index contributed by atoms with van der Waals surface area (Å²) in [7, 11) is 1.61. The van der Waals surface area contributed by atoms with E-state index in [-0.39, 0.29) is 6.03 Å². The molecule has 1 saturated heterocycles. The van der Waals surface area contributed by atoms with E-state index in [1.54, 1.807) is 7.11 Å². The Morgan fingerprint density at radius 1 is 1.08 bits per heavy atom. The summed E-state index contributed by atoms with van der Waals surface area (Å²) in [6.07, 6.45) is 0. The van der Waals surface area contributed by atoms with Crippen molar-refractivity contribution in [2.75, 3.05) is 38.6 Å². The van der Waals surface area contributed by atoms with Gasteiger partial charge in [0, 0.05) is 32.7 Å². The number of urea groups is 1. The molecule has 0 aliphatic carbocycles. The van der Waals surface area contributed by atoms with Crippen LogP contribution < -0.4 is 10.1 Å². The van der Waals surface area contributed by atoms with Crippen LogP contribution in [0.3, 0.4) is 0 Å². The smallest absolute Gasteiger partial charge is 0.322 e. The van der Waals surface area contributed by atoms with Gasteiger partial charge in [0.05, 0.1) is 12.8 Å². The van der Waals surface area contributed by atoms with E-state index in [9.17, 15) is 4.79 Å². The summed E-state index contributed by atoms with van der Waals surface area (Å²) in [5.41, 5.74) is 3.12. The Bertz CT molecular complexity index is 710. The van der Waals surface area contributed by atoms with Gasteiger partial charge in [-0.05, 0) is 30.2 Å². The minimum atomic E-state index is -0.0664. The molecule has 0 radical (unpaired) electrons. The number of amides is 2. The third-order valence-corrected chi connectivity index (χ3v) is 4.51. The molecule has 0 spiro atoms. The number of benzene rings is 2.